The number of hydrogen-bond acceptors (Lipinski definition) is 3. The largest absolute Gasteiger partial charge is 0.508 e. The van der Waals surface area contributed by atoms with Gasteiger partial charge in [-0.15, -0.1) is 0 Å². The molecule has 1 rings (SSSR count). The average Bonchev–Trinajstić information content (AvgIpc) is 2.16. The molecule has 0 bridgehead atoms. The minimum atomic E-state index is 0.00921. The minimum Gasteiger partial charge on any atom is -0.508 e. The summed E-state index contributed by atoms with van der Waals surface area (Å²) in [6.45, 7) is 1.69. The molecule has 1 aromatic rings. The van der Waals surface area contributed by atoms with E-state index in [-0.39, 0.29) is 11.5 Å². The van der Waals surface area contributed by atoms with E-state index in [0.717, 1.165) is 0 Å². The zero-order valence-electron chi connectivity index (χ0n) is 7.61. The van der Waals surface area contributed by atoms with Crippen molar-refractivity contribution in [3.8, 4) is 11.5 Å². The number of ether oxygens (including phenoxy) is 1. The average molecular weight is 180 g/mol. The van der Waals surface area contributed by atoms with Crippen LogP contribution in [0.1, 0.15) is 12.5 Å². The number of methoxy groups -OCH3 is 1. The van der Waals surface area contributed by atoms with Crippen LogP contribution >= 0.6 is 0 Å². The molecular formula is C10H12O3. The van der Waals surface area contributed by atoms with Crippen molar-refractivity contribution in [3.05, 3.63) is 29.8 Å². The van der Waals surface area contributed by atoms with Crippen LogP contribution in [0.5, 0.6) is 11.5 Å². The standard InChI is InChI=1S/C10H12O3/c1-3-9(11)8-5-4-7(13-2)6-10(8)12/h3-6,11-12H,1-2H3. The Bertz CT molecular complexity index is 329. The smallest absolute Gasteiger partial charge is 0.130 e. The van der Waals surface area contributed by atoms with Crippen LogP contribution in [0, 0.1) is 0 Å². The fourth-order valence-corrected chi connectivity index (χ4v) is 1.01. The van der Waals surface area contributed by atoms with Gasteiger partial charge in [0.05, 0.1) is 12.7 Å². The van der Waals surface area contributed by atoms with E-state index >= 15 is 0 Å². The second kappa shape index (κ2) is 3.85. The Hall–Kier alpha value is -1.64. The predicted molar refractivity (Wildman–Crippen MR) is 50.9 cm³/mol. The monoisotopic (exact) mass is 180 g/mol. The van der Waals surface area contributed by atoms with E-state index in [1.807, 2.05) is 0 Å². The molecular weight excluding hydrogens is 168 g/mol. The van der Waals surface area contributed by atoms with Crippen LogP contribution in [0.4, 0.5) is 0 Å². The van der Waals surface area contributed by atoms with Crippen molar-refractivity contribution in [1.29, 1.82) is 0 Å². The molecule has 3 heteroatoms. The number of allylic oxidation sites excluding steroid dienone is 1. The molecule has 3 nitrogen and oxygen atoms in total. The van der Waals surface area contributed by atoms with Gasteiger partial charge in [-0.25, -0.2) is 0 Å². The third kappa shape index (κ3) is 1.93. The number of phenols is 1. The quantitative estimate of drug-likeness (QED) is 0.686. The molecule has 0 aliphatic carbocycles. The molecule has 0 amide bonds. The van der Waals surface area contributed by atoms with Gasteiger partial charge in [-0.1, -0.05) is 0 Å². The van der Waals surface area contributed by atoms with Crippen LogP contribution in [0.3, 0.4) is 0 Å². The Balaban J connectivity index is 3.12. The molecule has 0 aromatic heterocycles. The molecule has 70 valence electrons. The van der Waals surface area contributed by atoms with E-state index in [4.69, 9.17) is 4.74 Å². The first kappa shape index (κ1) is 9.45. The summed E-state index contributed by atoms with van der Waals surface area (Å²) in [5, 5.41) is 18.8. The van der Waals surface area contributed by atoms with Crippen molar-refractivity contribution >= 4 is 5.76 Å². The summed E-state index contributed by atoms with van der Waals surface area (Å²) in [6.07, 6.45) is 1.52. The molecule has 0 atom stereocenters. The number of aliphatic hydroxyl groups is 1. The first-order valence-corrected chi connectivity index (χ1v) is 3.91. The van der Waals surface area contributed by atoms with Crippen molar-refractivity contribution in [1.82, 2.24) is 0 Å². The van der Waals surface area contributed by atoms with E-state index in [2.05, 4.69) is 0 Å². The van der Waals surface area contributed by atoms with Gasteiger partial charge in [-0.2, -0.15) is 0 Å². The Morgan fingerprint density at radius 1 is 1.46 bits per heavy atom. The highest BCUT2D eigenvalue weighted by atomic mass is 16.5. The highest BCUT2D eigenvalue weighted by molar-refractivity contribution is 5.65. The second-order valence-electron chi connectivity index (χ2n) is 2.56. The van der Waals surface area contributed by atoms with Gasteiger partial charge in [0.2, 0.25) is 0 Å². The summed E-state index contributed by atoms with van der Waals surface area (Å²) < 4.78 is 4.90. The van der Waals surface area contributed by atoms with Gasteiger partial charge in [0.25, 0.3) is 0 Å². The maximum absolute atomic E-state index is 9.44. The highest BCUT2D eigenvalue weighted by Crippen LogP contribution is 2.27. The van der Waals surface area contributed by atoms with Crippen LogP contribution in [0.25, 0.3) is 5.76 Å². The van der Waals surface area contributed by atoms with Gasteiger partial charge in [0, 0.05) is 6.07 Å². The molecule has 0 unspecified atom stereocenters. The van der Waals surface area contributed by atoms with Crippen molar-refractivity contribution in [2.75, 3.05) is 7.11 Å². The van der Waals surface area contributed by atoms with E-state index < -0.39 is 0 Å². The summed E-state index contributed by atoms with van der Waals surface area (Å²) in [6, 6.07) is 4.73. The lowest BCUT2D eigenvalue weighted by molar-refractivity contribution is 0.406. The van der Waals surface area contributed by atoms with Crippen molar-refractivity contribution in [2.45, 2.75) is 6.92 Å². The maximum Gasteiger partial charge on any atom is 0.130 e. The number of phenolic OH excluding ortho intramolecular Hbond substituents is 1. The second-order valence-corrected chi connectivity index (χ2v) is 2.56. The summed E-state index contributed by atoms with van der Waals surface area (Å²) in [5.74, 6) is 0.625. The normalized spacial score (nSPS) is 11.4. The van der Waals surface area contributed by atoms with Crippen molar-refractivity contribution in [3.63, 3.8) is 0 Å². The summed E-state index contributed by atoms with van der Waals surface area (Å²) in [7, 11) is 1.52. The van der Waals surface area contributed by atoms with E-state index in [0.29, 0.717) is 11.3 Å². The third-order valence-electron chi connectivity index (χ3n) is 1.75. The Kier molecular flexibility index (Phi) is 2.80. The maximum atomic E-state index is 9.44. The zero-order valence-corrected chi connectivity index (χ0v) is 7.61. The van der Waals surface area contributed by atoms with E-state index in [1.165, 1.54) is 19.3 Å². The van der Waals surface area contributed by atoms with Gasteiger partial charge in [-0.05, 0) is 25.1 Å². The number of rotatable bonds is 2. The molecule has 2 N–H and O–H groups in total. The summed E-state index contributed by atoms with van der Waals surface area (Å²) in [5.41, 5.74) is 0.406. The van der Waals surface area contributed by atoms with Gasteiger partial charge < -0.3 is 14.9 Å². The molecule has 0 spiro atoms. The lowest BCUT2D eigenvalue weighted by Crippen LogP contribution is -1.86. The van der Waals surface area contributed by atoms with Crippen LogP contribution in [-0.2, 0) is 0 Å². The molecule has 0 fully saturated rings. The molecule has 1 aromatic carbocycles. The van der Waals surface area contributed by atoms with E-state index in [1.54, 1.807) is 19.1 Å². The third-order valence-corrected chi connectivity index (χ3v) is 1.75. The van der Waals surface area contributed by atoms with Gasteiger partial charge in [0.1, 0.15) is 17.3 Å². The Labute approximate surface area is 76.9 Å². The Morgan fingerprint density at radius 3 is 2.62 bits per heavy atom. The molecule has 0 saturated heterocycles. The SMILES string of the molecule is CC=C(O)c1ccc(OC)cc1O. The topological polar surface area (TPSA) is 49.7 Å². The Morgan fingerprint density at radius 2 is 2.15 bits per heavy atom. The van der Waals surface area contributed by atoms with Gasteiger partial charge in [-0.3, -0.25) is 0 Å². The first-order valence-electron chi connectivity index (χ1n) is 3.91. The molecule has 13 heavy (non-hydrogen) atoms. The van der Waals surface area contributed by atoms with E-state index in [9.17, 15) is 10.2 Å². The van der Waals surface area contributed by atoms with Crippen LogP contribution in [0.15, 0.2) is 24.3 Å². The van der Waals surface area contributed by atoms with Gasteiger partial charge >= 0.3 is 0 Å². The summed E-state index contributed by atoms with van der Waals surface area (Å²) in [4.78, 5) is 0. The number of aliphatic hydroxyl groups excluding tert-OH is 1. The molecule has 0 aliphatic rings. The van der Waals surface area contributed by atoms with Crippen LogP contribution in [0.2, 0.25) is 0 Å². The number of hydrogen-bond donors (Lipinski definition) is 2. The highest BCUT2D eigenvalue weighted by Gasteiger charge is 2.05. The van der Waals surface area contributed by atoms with Crippen molar-refractivity contribution in [2.24, 2.45) is 0 Å². The minimum absolute atomic E-state index is 0.00921. The van der Waals surface area contributed by atoms with Crippen LogP contribution in [-0.4, -0.2) is 17.3 Å². The number of benzene rings is 1. The molecule has 0 aliphatic heterocycles. The fourth-order valence-electron chi connectivity index (χ4n) is 1.01. The molecule has 0 radical (unpaired) electrons. The predicted octanol–water partition coefficient (Wildman–Crippen LogP) is 2.32. The summed E-state index contributed by atoms with van der Waals surface area (Å²) >= 11 is 0. The fraction of sp³-hybridized carbons (Fsp3) is 0.200. The lowest BCUT2D eigenvalue weighted by atomic mass is 10.1. The number of aromatic hydroxyl groups is 1. The van der Waals surface area contributed by atoms with Crippen molar-refractivity contribution < 1.29 is 14.9 Å². The first-order chi connectivity index (χ1) is 6.19. The lowest BCUT2D eigenvalue weighted by Gasteiger charge is -2.05. The van der Waals surface area contributed by atoms with Gasteiger partial charge in [0.15, 0.2) is 0 Å². The zero-order chi connectivity index (χ0) is 9.84. The molecule has 0 saturated carbocycles. The van der Waals surface area contributed by atoms with Crippen LogP contribution < -0.4 is 4.74 Å². The molecule has 0 heterocycles.